The predicted molar refractivity (Wildman–Crippen MR) is 70.0 cm³/mol. The summed E-state index contributed by atoms with van der Waals surface area (Å²) in [6, 6.07) is 0. The Morgan fingerprint density at radius 1 is 1.61 bits per heavy atom. The highest BCUT2D eigenvalue weighted by Gasteiger charge is 2.35. The number of nitrogens with zero attached hydrogens (tertiary/aromatic N) is 2. The summed E-state index contributed by atoms with van der Waals surface area (Å²) in [7, 11) is 0. The van der Waals surface area contributed by atoms with Crippen LogP contribution in [-0.4, -0.2) is 27.4 Å². The second kappa shape index (κ2) is 4.48. The van der Waals surface area contributed by atoms with Crippen molar-refractivity contribution in [1.29, 1.82) is 0 Å². The van der Waals surface area contributed by atoms with E-state index < -0.39 is 5.60 Å². The molecule has 1 aliphatic heterocycles. The molecular weight excluding hydrogens is 248 g/mol. The Morgan fingerprint density at radius 2 is 2.50 bits per heavy atom. The van der Waals surface area contributed by atoms with Crippen molar-refractivity contribution in [2.75, 3.05) is 6.61 Å². The third kappa shape index (κ3) is 2.08. The van der Waals surface area contributed by atoms with Crippen LogP contribution >= 0.6 is 11.3 Å². The molecule has 0 aromatic carbocycles. The van der Waals surface area contributed by atoms with E-state index >= 15 is 0 Å². The van der Waals surface area contributed by atoms with Gasteiger partial charge in [-0.05, 0) is 26.2 Å². The first-order valence-corrected chi connectivity index (χ1v) is 7.14. The number of aromatic nitrogens is 2. The highest BCUT2D eigenvalue weighted by Crippen LogP contribution is 2.26. The lowest BCUT2D eigenvalue weighted by Gasteiger charge is -2.32. The smallest absolute Gasteiger partial charge is 0.193 e. The van der Waals surface area contributed by atoms with Gasteiger partial charge in [0, 0.05) is 24.4 Å². The number of imidazole rings is 1. The number of ether oxygens (including phenoxy) is 1. The summed E-state index contributed by atoms with van der Waals surface area (Å²) >= 11 is 1.58. The van der Waals surface area contributed by atoms with Gasteiger partial charge in [0.15, 0.2) is 10.7 Å². The first-order chi connectivity index (χ1) is 8.67. The molecule has 96 valence electrons. The minimum Gasteiger partial charge on any atom is -0.367 e. The van der Waals surface area contributed by atoms with Gasteiger partial charge in [-0.1, -0.05) is 0 Å². The Balaban J connectivity index is 1.75. The van der Waals surface area contributed by atoms with Crippen molar-refractivity contribution in [3.63, 3.8) is 0 Å². The van der Waals surface area contributed by atoms with E-state index in [1.165, 1.54) is 0 Å². The maximum atomic E-state index is 12.3. The molecule has 1 unspecified atom stereocenters. The molecule has 2 aromatic heterocycles. The number of Topliss-reactive ketones (excluding diaryl/α,β-unsaturated/α-hetero) is 1. The summed E-state index contributed by atoms with van der Waals surface area (Å²) in [5.74, 6) is 0.146. The molecule has 2 aromatic rings. The molecule has 0 aliphatic carbocycles. The lowest BCUT2D eigenvalue weighted by atomic mass is 9.89. The molecule has 1 fully saturated rings. The lowest BCUT2D eigenvalue weighted by molar-refractivity contribution is -0.147. The Morgan fingerprint density at radius 3 is 3.22 bits per heavy atom. The number of ketones is 1. The second-order valence-electron chi connectivity index (χ2n) is 4.96. The van der Waals surface area contributed by atoms with Gasteiger partial charge in [-0.25, -0.2) is 4.98 Å². The van der Waals surface area contributed by atoms with Crippen molar-refractivity contribution in [3.05, 3.63) is 23.5 Å². The summed E-state index contributed by atoms with van der Waals surface area (Å²) in [6.07, 6.45) is 7.21. The minimum absolute atomic E-state index is 0.146. The number of hydrogen-bond acceptors (Lipinski definition) is 4. The van der Waals surface area contributed by atoms with Crippen LogP contribution < -0.4 is 0 Å². The Hall–Kier alpha value is -1.20. The fourth-order valence-electron chi connectivity index (χ4n) is 2.37. The fourth-order valence-corrected chi connectivity index (χ4v) is 3.09. The van der Waals surface area contributed by atoms with Gasteiger partial charge in [-0.15, -0.1) is 11.3 Å². The van der Waals surface area contributed by atoms with Gasteiger partial charge in [0.2, 0.25) is 0 Å². The van der Waals surface area contributed by atoms with Crippen LogP contribution in [0.4, 0.5) is 0 Å². The molecule has 0 N–H and O–H groups in total. The van der Waals surface area contributed by atoms with Crippen LogP contribution in [0.15, 0.2) is 17.8 Å². The number of fused-ring (bicyclic) bond motifs is 1. The molecule has 4 nitrogen and oxygen atoms in total. The normalized spacial score (nSPS) is 24.5. The zero-order chi connectivity index (χ0) is 12.6. The van der Waals surface area contributed by atoms with Crippen molar-refractivity contribution in [1.82, 2.24) is 9.38 Å². The number of thiazole rings is 1. The topological polar surface area (TPSA) is 43.6 Å². The van der Waals surface area contributed by atoms with E-state index in [4.69, 9.17) is 4.74 Å². The van der Waals surface area contributed by atoms with Gasteiger partial charge in [0.05, 0.1) is 12.1 Å². The van der Waals surface area contributed by atoms with Crippen LogP contribution in [0, 0.1) is 0 Å². The van der Waals surface area contributed by atoms with Gasteiger partial charge in [-0.3, -0.25) is 9.20 Å². The molecule has 0 spiro atoms. The molecule has 3 heterocycles. The van der Waals surface area contributed by atoms with Crippen molar-refractivity contribution in [2.24, 2.45) is 0 Å². The highest BCUT2D eigenvalue weighted by molar-refractivity contribution is 7.15. The molecule has 0 amide bonds. The van der Waals surface area contributed by atoms with E-state index in [0.29, 0.717) is 13.0 Å². The van der Waals surface area contributed by atoms with E-state index in [2.05, 4.69) is 4.98 Å². The van der Waals surface area contributed by atoms with Crippen LogP contribution in [0.1, 0.15) is 31.9 Å². The summed E-state index contributed by atoms with van der Waals surface area (Å²) in [5, 5.41) is 1.99. The first-order valence-electron chi connectivity index (χ1n) is 6.26. The van der Waals surface area contributed by atoms with Crippen LogP contribution in [0.5, 0.6) is 0 Å². The van der Waals surface area contributed by atoms with Gasteiger partial charge >= 0.3 is 0 Å². The summed E-state index contributed by atoms with van der Waals surface area (Å²) < 4.78 is 7.63. The van der Waals surface area contributed by atoms with Crippen LogP contribution in [0.25, 0.3) is 4.96 Å². The zero-order valence-electron chi connectivity index (χ0n) is 10.4. The third-order valence-corrected chi connectivity index (χ3v) is 4.31. The molecule has 1 saturated heterocycles. The Labute approximate surface area is 110 Å². The monoisotopic (exact) mass is 264 g/mol. The lowest BCUT2D eigenvalue weighted by Crippen LogP contribution is -2.42. The van der Waals surface area contributed by atoms with Gasteiger partial charge in [0.1, 0.15) is 5.60 Å². The van der Waals surface area contributed by atoms with Gasteiger partial charge < -0.3 is 4.74 Å². The van der Waals surface area contributed by atoms with Crippen LogP contribution in [0.2, 0.25) is 0 Å². The molecule has 18 heavy (non-hydrogen) atoms. The van der Waals surface area contributed by atoms with Gasteiger partial charge in [0.25, 0.3) is 0 Å². The van der Waals surface area contributed by atoms with Crippen molar-refractivity contribution in [3.8, 4) is 0 Å². The van der Waals surface area contributed by atoms with Gasteiger partial charge in [-0.2, -0.15) is 0 Å². The van der Waals surface area contributed by atoms with Crippen LogP contribution in [-0.2, 0) is 16.0 Å². The standard InChI is InChI=1S/C13H16N2O2S/c1-13(4-2-3-6-17-13)11(16)8-10-9-15-5-7-18-12(15)14-10/h5,7,9H,2-4,6,8H2,1H3. The van der Waals surface area contributed by atoms with E-state index in [-0.39, 0.29) is 5.78 Å². The number of carbonyl (C=O) groups is 1. The molecular formula is C13H16N2O2S. The highest BCUT2D eigenvalue weighted by atomic mass is 32.1. The van der Waals surface area contributed by atoms with Crippen molar-refractivity contribution >= 4 is 22.1 Å². The largest absolute Gasteiger partial charge is 0.367 e. The van der Waals surface area contributed by atoms with Crippen molar-refractivity contribution < 1.29 is 9.53 Å². The fraction of sp³-hybridized carbons (Fsp3) is 0.538. The van der Waals surface area contributed by atoms with Crippen LogP contribution in [0.3, 0.4) is 0 Å². The Kier molecular flexibility index (Phi) is 2.95. The van der Waals surface area contributed by atoms with E-state index in [0.717, 1.165) is 29.9 Å². The summed E-state index contributed by atoms with van der Waals surface area (Å²) in [6.45, 7) is 2.60. The second-order valence-corrected chi connectivity index (χ2v) is 5.83. The number of carbonyl (C=O) groups excluding carboxylic acids is 1. The minimum atomic E-state index is -0.602. The summed E-state index contributed by atoms with van der Waals surface area (Å²) in [4.78, 5) is 17.7. The third-order valence-electron chi connectivity index (χ3n) is 3.54. The molecule has 0 saturated carbocycles. The molecule has 1 atom stereocenters. The van der Waals surface area contributed by atoms with E-state index in [1.54, 1.807) is 11.3 Å². The average molecular weight is 264 g/mol. The summed E-state index contributed by atoms with van der Waals surface area (Å²) in [5.41, 5.74) is 0.234. The zero-order valence-corrected chi connectivity index (χ0v) is 11.2. The SMILES string of the molecule is CC1(C(=O)Cc2cn3ccsc3n2)CCCCO1. The molecule has 5 heteroatoms. The number of hydrogen-bond donors (Lipinski definition) is 0. The van der Waals surface area contributed by atoms with E-state index in [9.17, 15) is 4.79 Å². The molecule has 0 radical (unpaired) electrons. The van der Waals surface area contributed by atoms with Crippen molar-refractivity contribution in [2.45, 2.75) is 38.2 Å². The first kappa shape index (κ1) is 11.9. The van der Waals surface area contributed by atoms with E-state index in [1.807, 2.05) is 29.1 Å². The Bertz CT molecular complexity index is 538. The molecule has 0 bridgehead atoms. The molecule has 3 rings (SSSR count). The predicted octanol–water partition coefficient (Wildman–Crippen LogP) is 2.47. The number of rotatable bonds is 3. The maximum Gasteiger partial charge on any atom is 0.193 e. The molecule has 1 aliphatic rings. The average Bonchev–Trinajstić information content (AvgIpc) is 2.90. The quantitative estimate of drug-likeness (QED) is 0.855. The maximum absolute atomic E-state index is 12.3.